The standard InChI is InChI=1S/C16H24N2O3/c1-3-16(4-2,10-17)11-18-15(19)14-9-20-12-7-5-6-8-13(12)21-14/h5-8,14H,3-4,9-11,17H2,1-2H3,(H,18,19). The molecule has 0 fully saturated rings. The molecule has 1 amide bonds. The van der Waals surface area contributed by atoms with Gasteiger partial charge in [-0.05, 0) is 36.9 Å². The first kappa shape index (κ1) is 15.6. The zero-order chi connectivity index (χ0) is 15.3. The Morgan fingerprint density at radius 1 is 1.33 bits per heavy atom. The summed E-state index contributed by atoms with van der Waals surface area (Å²) >= 11 is 0. The predicted molar refractivity (Wildman–Crippen MR) is 81.4 cm³/mol. The third-order valence-corrected chi connectivity index (χ3v) is 4.37. The van der Waals surface area contributed by atoms with Crippen molar-refractivity contribution in [1.82, 2.24) is 5.32 Å². The molecule has 1 atom stereocenters. The van der Waals surface area contributed by atoms with Crippen molar-refractivity contribution in [2.24, 2.45) is 11.1 Å². The van der Waals surface area contributed by atoms with Gasteiger partial charge in [0.05, 0.1) is 0 Å². The first-order valence-electron chi connectivity index (χ1n) is 7.50. The molecule has 116 valence electrons. The molecule has 5 heteroatoms. The van der Waals surface area contributed by atoms with Crippen LogP contribution in [-0.2, 0) is 4.79 Å². The van der Waals surface area contributed by atoms with Crippen LogP contribution in [0.3, 0.4) is 0 Å². The van der Waals surface area contributed by atoms with Gasteiger partial charge >= 0.3 is 0 Å². The van der Waals surface area contributed by atoms with Crippen molar-refractivity contribution in [3.63, 3.8) is 0 Å². The van der Waals surface area contributed by atoms with Crippen LogP contribution < -0.4 is 20.5 Å². The minimum Gasteiger partial charge on any atom is -0.485 e. The lowest BCUT2D eigenvalue weighted by atomic mass is 9.82. The van der Waals surface area contributed by atoms with Gasteiger partial charge in [-0.15, -0.1) is 0 Å². The minimum atomic E-state index is -0.607. The maximum absolute atomic E-state index is 12.2. The number of rotatable bonds is 6. The number of nitrogens with two attached hydrogens (primary N) is 1. The van der Waals surface area contributed by atoms with Crippen LogP contribution in [0.15, 0.2) is 24.3 Å². The van der Waals surface area contributed by atoms with Gasteiger partial charge in [-0.3, -0.25) is 4.79 Å². The molecule has 0 radical (unpaired) electrons. The van der Waals surface area contributed by atoms with Crippen molar-refractivity contribution in [1.29, 1.82) is 0 Å². The molecule has 0 saturated carbocycles. The van der Waals surface area contributed by atoms with E-state index in [1.807, 2.05) is 18.2 Å². The lowest BCUT2D eigenvalue weighted by molar-refractivity contribution is -0.130. The topological polar surface area (TPSA) is 73.6 Å². The highest BCUT2D eigenvalue weighted by molar-refractivity contribution is 5.81. The number of carbonyl (C=O) groups is 1. The van der Waals surface area contributed by atoms with Gasteiger partial charge in [0.1, 0.15) is 6.61 Å². The second kappa shape index (κ2) is 6.80. The summed E-state index contributed by atoms with van der Waals surface area (Å²) in [6.45, 7) is 5.55. The lowest BCUT2D eigenvalue weighted by Crippen LogP contribution is -2.48. The molecule has 0 aliphatic carbocycles. The first-order valence-corrected chi connectivity index (χ1v) is 7.50. The zero-order valence-corrected chi connectivity index (χ0v) is 12.7. The fraction of sp³-hybridized carbons (Fsp3) is 0.562. The van der Waals surface area contributed by atoms with Crippen LogP contribution in [0.4, 0.5) is 0 Å². The second-order valence-electron chi connectivity index (χ2n) is 5.49. The summed E-state index contributed by atoms with van der Waals surface area (Å²) in [6.07, 6.45) is 1.26. The number of fused-ring (bicyclic) bond motifs is 1. The SMILES string of the molecule is CCC(CC)(CN)CNC(=O)C1COc2ccccc2O1. The van der Waals surface area contributed by atoms with Gasteiger partial charge in [0.15, 0.2) is 11.5 Å². The Morgan fingerprint density at radius 2 is 2.00 bits per heavy atom. The Hall–Kier alpha value is -1.75. The van der Waals surface area contributed by atoms with Gasteiger partial charge in [0.25, 0.3) is 5.91 Å². The zero-order valence-electron chi connectivity index (χ0n) is 12.7. The molecule has 0 saturated heterocycles. The Bertz CT molecular complexity index is 478. The van der Waals surface area contributed by atoms with Crippen LogP contribution in [0.1, 0.15) is 26.7 Å². The average molecular weight is 292 g/mol. The van der Waals surface area contributed by atoms with Crippen LogP contribution in [0, 0.1) is 5.41 Å². The molecular weight excluding hydrogens is 268 g/mol. The minimum absolute atomic E-state index is 0.0386. The molecule has 0 bridgehead atoms. The normalized spacial score (nSPS) is 17.4. The van der Waals surface area contributed by atoms with Gasteiger partial charge in [0.2, 0.25) is 6.10 Å². The van der Waals surface area contributed by atoms with Crippen molar-refractivity contribution in [3.05, 3.63) is 24.3 Å². The molecule has 1 unspecified atom stereocenters. The molecule has 1 aliphatic rings. The molecule has 1 heterocycles. The van der Waals surface area contributed by atoms with Gasteiger partial charge in [0, 0.05) is 6.54 Å². The number of amides is 1. The Morgan fingerprint density at radius 3 is 2.62 bits per heavy atom. The highest BCUT2D eigenvalue weighted by Gasteiger charge is 2.30. The molecule has 21 heavy (non-hydrogen) atoms. The molecule has 0 aromatic heterocycles. The Kier molecular flexibility index (Phi) is 5.07. The number of hydrogen-bond acceptors (Lipinski definition) is 4. The van der Waals surface area contributed by atoms with Gasteiger partial charge < -0.3 is 20.5 Å². The summed E-state index contributed by atoms with van der Waals surface area (Å²) in [5.74, 6) is 1.14. The number of nitrogens with one attached hydrogen (secondary N) is 1. The number of benzene rings is 1. The number of para-hydroxylation sites is 2. The van der Waals surface area contributed by atoms with E-state index in [1.165, 1.54) is 0 Å². The number of ether oxygens (including phenoxy) is 2. The van der Waals surface area contributed by atoms with E-state index < -0.39 is 6.10 Å². The molecule has 2 rings (SSSR count). The molecule has 1 aromatic rings. The predicted octanol–water partition coefficient (Wildman–Crippen LogP) is 1.71. The Labute approximate surface area is 125 Å². The van der Waals surface area contributed by atoms with Crippen molar-refractivity contribution in [3.8, 4) is 11.5 Å². The van der Waals surface area contributed by atoms with Gasteiger partial charge in [-0.1, -0.05) is 26.0 Å². The van der Waals surface area contributed by atoms with Crippen molar-refractivity contribution < 1.29 is 14.3 Å². The van der Waals surface area contributed by atoms with Crippen LogP contribution in [0.5, 0.6) is 11.5 Å². The van der Waals surface area contributed by atoms with E-state index in [1.54, 1.807) is 6.07 Å². The fourth-order valence-corrected chi connectivity index (χ4v) is 2.40. The Balaban J connectivity index is 1.93. The maximum Gasteiger partial charge on any atom is 0.264 e. The van der Waals surface area contributed by atoms with Crippen LogP contribution in [0.2, 0.25) is 0 Å². The van der Waals surface area contributed by atoms with Crippen molar-refractivity contribution in [2.75, 3.05) is 19.7 Å². The molecule has 1 aromatic carbocycles. The summed E-state index contributed by atoms with van der Waals surface area (Å²) < 4.78 is 11.2. The number of carbonyl (C=O) groups excluding carboxylic acids is 1. The molecule has 3 N–H and O–H groups in total. The van der Waals surface area contributed by atoms with E-state index >= 15 is 0 Å². The van der Waals surface area contributed by atoms with Gasteiger partial charge in [-0.25, -0.2) is 0 Å². The molecular formula is C16H24N2O3. The monoisotopic (exact) mass is 292 g/mol. The summed E-state index contributed by atoms with van der Waals surface area (Å²) in [5.41, 5.74) is 5.81. The van der Waals surface area contributed by atoms with E-state index in [4.69, 9.17) is 15.2 Å². The largest absolute Gasteiger partial charge is 0.485 e. The van der Waals surface area contributed by atoms with Crippen LogP contribution in [-0.4, -0.2) is 31.7 Å². The van der Waals surface area contributed by atoms with E-state index in [2.05, 4.69) is 19.2 Å². The van der Waals surface area contributed by atoms with Gasteiger partial charge in [-0.2, -0.15) is 0 Å². The third-order valence-electron chi connectivity index (χ3n) is 4.37. The lowest BCUT2D eigenvalue weighted by Gasteiger charge is -2.32. The van der Waals surface area contributed by atoms with Crippen LogP contribution in [0.25, 0.3) is 0 Å². The molecule has 5 nitrogen and oxygen atoms in total. The molecule has 0 spiro atoms. The third kappa shape index (κ3) is 3.47. The first-order chi connectivity index (χ1) is 10.1. The van der Waals surface area contributed by atoms with E-state index in [-0.39, 0.29) is 17.9 Å². The van der Waals surface area contributed by atoms with E-state index in [0.29, 0.717) is 24.6 Å². The highest BCUT2D eigenvalue weighted by Crippen LogP contribution is 2.31. The van der Waals surface area contributed by atoms with Crippen molar-refractivity contribution in [2.45, 2.75) is 32.8 Å². The summed E-state index contributed by atoms with van der Waals surface area (Å²) in [5, 5.41) is 2.95. The van der Waals surface area contributed by atoms with Crippen LogP contribution >= 0.6 is 0 Å². The summed E-state index contributed by atoms with van der Waals surface area (Å²) in [4.78, 5) is 12.2. The quantitative estimate of drug-likeness (QED) is 0.837. The second-order valence-corrected chi connectivity index (χ2v) is 5.49. The fourth-order valence-electron chi connectivity index (χ4n) is 2.40. The average Bonchev–Trinajstić information content (AvgIpc) is 2.56. The summed E-state index contributed by atoms with van der Waals surface area (Å²) in [6, 6.07) is 7.37. The van der Waals surface area contributed by atoms with Crippen molar-refractivity contribution >= 4 is 5.91 Å². The van der Waals surface area contributed by atoms with E-state index in [0.717, 1.165) is 12.8 Å². The molecule has 1 aliphatic heterocycles. The number of hydrogen-bond donors (Lipinski definition) is 2. The maximum atomic E-state index is 12.2. The smallest absolute Gasteiger partial charge is 0.264 e. The highest BCUT2D eigenvalue weighted by atomic mass is 16.6. The summed E-state index contributed by atoms with van der Waals surface area (Å²) in [7, 11) is 0. The van der Waals surface area contributed by atoms with E-state index in [9.17, 15) is 4.79 Å².